The second-order valence-electron chi connectivity index (χ2n) is 9.56. The summed E-state index contributed by atoms with van der Waals surface area (Å²) in [5.41, 5.74) is 0.493. The van der Waals surface area contributed by atoms with Crippen LogP contribution < -0.4 is 5.32 Å². The lowest BCUT2D eigenvalue weighted by Crippen LogP contribution is -2.46. The topological polar surface area (TPSA) is 49.3 Å². The summed E-state index contributed by atoms with van der Waals surface area (Å²) in [6.07, 6.45) is 11.7. The molecule has 0 aromatic rings. The number of fused-ring (bicyclic) bond motifs is 1. The Hall–Kier alpha value is -1.35. The number of nitrogens with one attached hydrogen (secondary N) is 1. The van der Waals surface area contributed by atoms with E-state index < -0.39 is 0 Å². The predicted molar refractivity (Wildman–Crippen MR) is 109 cm³/mol. The van der Waals surface area contributed by atoms with E-state index in [1.807, 2.05) is 39.8 Å². The Morgan fingerprint density at radius 3 is 2.46 bits per heavy atom. The quantitative estimate of drug-likeness (QED) is 0.443. The van der Waals surface area contributed by atoms with Gasteiger partial charge in [0.05, 0.1) is 6.10 Å². The van der Waals surface area contributed by atoms with Crippen LogP contribution in [0.1, 0.15) is 54.9 Å². The zero-order valence-corrected chi connectivity index (χ0v) is 17.5. The number of aliphatic hydroxyl groups excluding tert-OH is 1. The Morgan fingerprint density at radius 2 is 1.85 bits per heavy atom. The minimum Gasteiger partial charge on any atom is -0.393 e. The zero-order valence-electron chi connectivity index (χ0n) is 17.5. The van der Waals surface area contributed by atoms with E-state index in [1.165, 1.54) is 0 Å². The molecule has 0 unspecified atom stereocenters. The van der Waals surface area contributed by atoms with Crippen LogP contribution in [0.4, 0.5) is 0 Å². The van der Waals surface area contributed by atoms with Crippen molar-refractivity contribution in [2.24, 2.45) is 35.5 Å². The molecular weight excluding hydrogens is 322 g/mol. The summed E-state index contributed by atoms with van der Waals surface area (Å²) in [4.78, 5) is 12.2. The van der Waals surface area contributed by atoms with Crippen LogP contribution in [0.15, 0.2) is 36.0 Å². The Labute approximate surface area is 159 Å². The summed E-state index contributed by atoms with van der Waals surface area (Å²) in [6, 6.07) is 0. The van der Waals surface area contributed by atoms with Gasteiger partial charge in [-0.2, -0.15) is 0 Å². The van der Waals surface area contributed by atoms with Crippen LogP contribution in [0, 0.1) is 35.5 Å². The van der Waals surface area contributed by atoms with Gasteiger partial charge in [-0.1, -0.05) is 51.2 Å². The molecule has 0 radical (unpaired) electrons. The largest absolute Gasteiger partial charge is 0.393 e. The highest BCUT2D eigenvalue weighted by Gasteiger charge is 2.44. The second-order valence-corrected chi connectivity index (χ2v) is 9.56. The fraction of sp³-hybridized carbons (Fsp3) is 0.696. The average Bonchev–Trinajstić information content (AvgIpc) is 2.53. The molecule has 0 saturated heterocycles. The van der Waals surface area contributed by atoms with Gasteiger partial charge in [-0.05, 0) is 69.6 Å². The van der Waals surface area contributed by atoms with Gasteiger partial charge in [0.25, 0.3) is 0 Å². The Balaban J connectivity index is 2.14. The van der Waals surface area contributed by atoms with E-state index in [1.54, 1.807) is 0 Å². The van der Waals surface area contributed by atoms with Gasteiger partial charge < -0.3 is 10.4 Å². The lowest BCUT2D eigenvalue weighted by atomic mass is 9.58. The Morgan fingerprint density at radius 1 is 1.19 bits per heavy atom. The van der Waals surface area contributed by atoms with E-state index in [4.69, 9.17) is 0 Å². The molecule has 2 N–H and O–H groups in total. The smallest absolute Gasteiger partial charge is 0.247 e. The molecular formula is C23H37NO2. The number of hydrogen-bond acceptors (Lipinski definition) is 2. The third kappa shape index (κ3) is 4.88. The van der Waals surface area contributed by atoms with Crippen molar-refractivity contribution in [3.63, 3.8) is 0 Å². The van der Waals surface area contributed by atoms with Gasteiger partial charge in [0.1, 0.15) is 0 Å². The molecule has 2 aliphatic rings. The van der Waals surface area contributed by atoms with Crippen molar-refractivity contribution >= 4 is 5.91 Å². The first-order valence-electron chi connectivity index (χ1n) is 10.0. The fourth-order valence-electron chi connectivity index (χ4n) is 4.65. The number of carbonyl (C=O) groups is 1. The third-order valence-electron chi connectivity index (χ3n) is 6.11. The minimum absolute atomic E-state index is 0.0214. The van der Waals surface area contributed by atoms with Crippen molar-refractivity contribution in [3.05, 3.63) is 36.0 Å². The van der Waals surface area contributed by atoms with Crippen LogP contribution >= 0.6 is 0 Å². The van der Waals surface area contributed by atoms with Crippen molar-refractivity contribution in [2.45, 2.75) is 66.5 Å². The maximum absolute atomic E-state index is 12.2. The molecule has 0 aromatic heterocycles. The first-order valence-corrected chi connectivity index (χ1v) is 10.0. The number of allylic oxidation sites excluding steroid dienone is 5. The Kier molecular flexibility index (Phi) is 6.55. The number of hydrogen-bond donors (Lipinski definition) is 2. The highest BCUT2D eigenvalue weighted by molar-refractivity contribution is 5.93. The van der Waals surface area contributed by atoms with E-state index in [2.05, 4.69) is 44.3 Å². The zero-order chi connectivity index (χ0) is 19.6. The molecule has 1 saturated carbocycles. The second kappa shape index (κ2) is 8.12. The molecule has 0 spiro atoms. The van der Waals surface area contributed by atoms with Crippen LogP contribution in [-0.2, 0) is 4.79 Å². The molecule has 1 fully saturated rings. The van der Waals surface area contributed by atoms with Gasteiger partial charge in [0.15, 0.2) is 0 Å². The van der Waals surface area contributed by atoms with Crippen molar-refractivity contribution in [1.82, 2.24) is 5.32 Å². The monoisotopic (exact) mass is 359 g/mol. The van der Waals surface area contributed by atoms with Gasteiger partial charge >= 0.3 is 0 Å². The van der Waals surface area contributed by atoms with E-state index in [0.29, 0.717) is 35.5 Å². The first kappa shape index (κ1) is 21.0. The van der Waals surface area contributed by atoms with E-state index in [-0.39, 0.29) is 17.6 Å². The van der Waals surface area contributed by atoms with Crippen molar-refractivity contribution in [2.75, 3.05) is 0 Å². The standard InChI is InChI=1S/C23H37NO2/c1-14-11-12-18-13-16(3)21(25)17(4)20(18)19(14)10-8-9-15(2)22(26)24-23(5,6)7/h8-12,14,16-21,25H,13H2,1-7H3,(H,24,26)/t14-,16+,17-,18-,19-,20-,21-/m0/s1. The van der Waals surface area contributed by atoms with Crippen LogP contribution in [0.2, 0.25) is 0 Å². The van der Waals surface area contributed by atoms with Gasteiger partial charge in [-0.3, -0.25) is 4.79 Å². The molecule has 0 aliphatic heterocycles. The summed E-state index contributed by atoms with van der Waals surface area (Å²) >= 11 is 0. The van der Waals surface area contributed by atoms with Gasteiger partial charge in [-0.25, -0.2) is 0 Å². The van der Waals surface area contributed by atoms with E-state index >= 15 is 0 Å². The first-order chi connectivity index (χ1) is 12.0. The number of aliphatic hydroxyl groups is 1. The fourth-order valence-corrected chi connectivity index (χ4v) is 4.65. The highest BCUT2D eigenvalue weighted by Crippen LogP contribution is 2.48. The molecule has 2 aliphatic carbocycles. The van der Waals surface area contributed by atoms with Crippen LogP contribution in [0.3, 0.4) is 0 Å². The van der Waals surface area contributed by atoms with Crippen LogP contribution in [0.5, 0.6) is 0 Å². The maximum Gasteiger partial charge on any atom is 0.247 e. The van der Waals surface area contributed by atoms with Gasteiger partial charge in [0.2, 0.25) is 5.91 Å². The van der Waals surface area contributed by atoms with Crippen molar-refractivity contribution in [3.8, 4) is 0 Å². The minimum atomic E-state index is -0.226. The number of carbonyl (C=O) groups excluding carboxylic acids is 1. The lowest BCUT2D eigenvalue weighted by molar-refractivity contribution is -0.118. The van der Waals surface area contributed by atoms with Crippen LogP contribution in [0.25, 0.3) is 0 Å². The lowest BCUT2D eigenvalue weighted by Gasteiger charge is -2.48. The Bertz CT molecular complexity index is 596. The predicted octanol–water partition coefficient (Wildman–Crippen LogP) is 4.49. The summed E-state index contributed by atoms with van der Waals surface area (Å²) < 4.78 is 0. The summed E-state index contributed by atoms with van der Waals surface area (Å²) in [7, 11) is 0. The SMILES string of the molecule is CC(=CC=C[C@@H]1[C@H]2[C@H](C)[C@@H](O)[C@H](C)C[C@@H]2C=C[C@@H]1C)C(=O)NC(C)(C)C. The highest BCUT2D eigenvalue weighted by atomic mass is 16.3. The van der Waals surface area contributed by atoms with Crippen LogP contribution in [-0.4, -0.2) is 22.7 Å². The average molecular weight is 360 g/mol. The summed E-state index contributed by atoms with van der Waals surface area (Å²) in [6.45, 7) is 14.4. The van der Waals surface area contributed by atoms with Crippen molar-refractivity contribution in [1.29, 1.82) is 0 Å². The molecule has 3 nitrogen and oxygen atoms in total. The van der Waals surface area contributed by atoms with Gasteiger partial charge in [-0.15, -0.1) is 0 Å². The number of rotatable bonds is 3. The molecule has 1 amide bonds. The molecule has 146 valence electrons. The maximum atomic E-state index is 12.2. The summed E-state index contributed by atoms with van der Waals surface area (Å²) in [5.74, 6) is 2.49. The third-order valence-corrected chi connectivity index (χ3v) is 6.11. The molecule has 0 bridgehead atoms. The van der Waals surface area contributed by atoms with E-state index in [9.17, 15) is 9.90 Å². The molecule has 0 heterocycles. The summed E-state index contributed by atoms with van der Waals surface area (Å²) in [5, 5.41) is 13.6. The van der Waals surface area contributed by atoms with E-state index in [0.717, 1.165) is 12.0 Å². The van der Waals surface area contributed by atoms with Gasteiger partial charge in [0, 0.05) is 11.1 Å². The molecule has 3 heteroatoms. The van der Waals surface area contributed by atoms with Crippen molar-refractivity contribution < 1.29 is 9.90 Å². The number of amides is 1. The molecule has 26 heavy (non-hydrogen) atoms. The molecule has 7 atom stereocenters. The molecule has 2 rings (SSSR count). The normalized spacial score (nSPS) is 38.3. The molecule has 0 aromatic carbocycles.